The molecule has 1 aromatic rings. The summed E-state index contributed by atoms with van der Waals surface area (Å²) in [6.45, 7) is 0.701. The smallest absolute Gasteiger partial charge is 0.207 e. The minimum absolute atomic E-state index is 0.257. The number of nitrogens with two attached hydrogens (primary N) is 1. The largest absolute Gasteiger partial charge is 0.405 e. The number of hydrogen-bond donors (Lipinski definition) is 2. The van der Waals surface area contributed by atoms with Crippen LogP contribution in [-0.4, -0.2) is 37.3 Å². The van der Waals surface area contributed by atoms with Crippen molar-refractivity contribution in [1.29, 1.82) is 0 Å². The number of allylic oxidation sites excluding steroid dienone is 4. The second kappa shape index (κ2) is 10.1. The van der Waals surface area contributed by atoms with Gasteiger partial charge in [0.25, 0.3) is 0 Å². The molecular weight excluding hydrogens is 384 g/mol. The van der Waals surface area contributed by atoms with Crippen LogP contribution in [0, 0.1) is 0 Å². The van der Waals surface area contributed by atoms with E-state index in [1.807, 2.05) is 36.4 Å². The Kier molecular flexibility index (Phi) is 7.30. The SMILES string of the molecule is CN1C=NC=C([C@H](NC=O)/C2=C/C/C(=C/C/C=C\N)CCc3ccc(Cl)cc32)C1. The average Bonchev–Trinajstić information content (AvgIpc) is 2.70. The second-order valence-corrected chi connectivity index (χ2v) is 7.73. The van der Waals surface area contributed by atoms with Gasteiger partial charge in [-0.1, -0.05) is 41.5 Å². The van der Waals surface area contributed by atoms with Crippen LogP contribution in [0.15, 0.2) is 65.0 Å². The lowest BCUT2D eigenvalue weighted by Crippen LogP contribution is -2.37. The molecule has 0 saturated heterocycles. The zero-order chi connectivity index (χ0) is 20.6. The van der Waals surface area contributed by atoms with E-state index in [2.05, 4.69) is 28.5 Å². The summed E-state index contributed by atoms with van der Waals surface area (Å²) in [7, 11) is 1.97. The molecule has 152 valence electrons. The molecule has 1 amide bonds. The highest BCUT2D eigenvalue weighted by atomic mass is 35.5. The molecule has 5 nitrogen and oxygen atoms in total. The van der Waals surface area contributed by atoms with Crippen molar-refractivity contribution in [3.63, 3.8) is 0 Å². The molecule has 0 unspecified atom stereocenters. The van der Waals surface area contributed by atoms with Crippen LogP contribution in [0.2, 0.25) is 5.02 Å². The fraction of sp³-hybridized carbons (Fsp3) is 0.304. The van der Waals surface area contributed by atoms with Crippen molar-refractivity contribution in [1.82, 2.24) is 10.2 Å². The molecule has 6 heteroatoms. The number of carbonyl (C=O) groups is 1. The van der Waals surface area contributed by atoms with Gasteiger partial charge in [0, 0.05) is 24.8 Å². The predicted octanol–water partition coefficient (Wildman–Crippen LogP) is 3.82. The number of hydrogen-bond acceptors (Lipinski definition) is 4. The molecule has 0 saturated carbocycles. The van der Waals surface area contributed by atoms with Crippen molar-refractivity contribution >= 4 is 29.9 Å². The number of nitrogens with zero attached hydrogens (tertiary/aromatic N) is 2. The fourth-order valence-corrected chi connectivity index (χ4v) is 3.97. The van der Waals surface area contributed by atoms with E-state index in [0.29, 0.717) is 11.6 Å². The molecule has 3 rings (SSSR count). The molecule has 1 aromatic carbocycles. The Morgan fingerprint density at radius 2 is 2.24 bits per heavy atom. The summed E-state index contributed by atoms with van der Waals surface area (Å²) in [6, 6.07) is 5.77. The Labute approximate surface area is 177 Å². The van der Waals surface area contributed by atoms with Gasteiger partial charge in [0.15, 0.2) is 0 Å². The van der Waals surface area contributed by atoms with Crippen LogP contribution in [0.3, 0.4) is 0 Å². The highest BCUT2D eigenvalue weighted by Crippen LogP contribution is 2.33. The van der Waals surface area contributed by atoms with E-state index in [4.69, 9.17) is 17.3 Å². The summed E-state index contributed by atoms with van der Waals surface area (Å²) >= 11 is 6.35. The maximum Gasteiger partial charge on any atom is 0.207 e. The highest BCUT2D eigenvalue weighted by molar-refractivity contribution is 6.30. The second-order valence-electron chi connectivity index (χ2n) is 7.29. The van der Waals surface area contributed by atoms with E-state index in [-0.39, 0.29) is 6.04 Å². The maximum absolute atomic E-state index is 11.5. The lowest BCUT2D eigenvalue weighted by atomic mass is 9.84. The third-order valence-electron chi connectivity index (χ3n) is 5.21. The number of aryl methyl sites for hydroxylation is 1. The molecule has 0 aromatic heterocycles. The number of aliphatic imine (C=N–C) groups is 1. The summed E-state index contributed by atoms with van der Waals surface area (Å²) in [5, 5.41) is 3.70. The molecule has 0 radical (unpaired) electrons. The summed E-state index contributed by atoms with van der Waals surface area (Å²) in [6.07, 6.45) is 15.9. The van der Waals surface area contributed by atoms with E-state index in [9.17, 15) is 4.79 Å². The van der Waals surface area contributed by atoms with Gasteiger partial charge < -0.3 is 16.0 Å². The zero-order valence-corrected chi connectivity index (χ0v) is 17.4. The number of carbonyl (C=O) groups excluding carboxylic acids is 1. The Morgan fingerprint density at radius 1 is 1.38 bits per heavy atom. The third-order valence-corrected chi connectivity index (χ3v) is 5.45. The Balaban J connectivity index is 2.05. The number of halogens is 1. The normalized spacial score (nSPS) is 21.0. The van der Waals surface area contributed by atoms with Crippen LogP contribution in [-0.2, 0) is 11.2 Å². The first kappa shape index (κ1) is 20.9. The average molecular weight is 411 g/mol. The number of amides is 1. The molecule has 1 aliphatic carbocycles. The van der Waals surface area contributed by atoms with Crippen molar-refractivity contribution < 1.29 is 4.79 Å². The third kappa shape index (κ3) is 5.39. The van der Waals surface area contributed by atoms with E-state index in [1.165, 1.54) is 11.1 Å². The van der Waals surface area contributed by atoms with Gasteiger partial charge in [-0.3, -0.25) is 4.79 Å². The van der Waals surface area contributed by atoms with Gasteiger partial charge >= 0.3 is 0 Å². The van der Waals surface area contributed by atoms with E-state index in [1.54, 1.807) is 12.5 Å². The van der Waals surface area contributed by atoms with Gasteiger partial charge in [0.1, 0.15) is 0 Å². The first-order valence-electron chi connectivity index (χ1n) is 9.78. The van der Waals surface area contributed by atoms with Crippen LogP contribution in [0.25, 0.3) is 5.57 Å². The monoisotopic (exact) mass is 410 g/mol. The Hall–Kier alpha value is -2.79. The minimum Gasteiger partial charge on any atom is -0.405 e. The molecule has 1 atom stereocenters. The highest BCUT2D eigenvalue weighted by Gasteiger charge is 2.25. The molecule has 2 aliphatic rings. The quantitative estimate of drug-likeness (QED) is 0.553. The molecule has 0 bridgehead atoms. The molecular formula is C23H27ClN4O. The number of fused-ring (bicyclic) bond motifs is 1. The van der Waals surface area contributed by atoms with Crippen LogP contribution < -0.4 is 11.1 Å². The molecule has 0 fully saturated rings. The summed E-state index contributed by atoms with van der Waals surface area (Å²) in [5.41, 5.74) is 11.3. The minimum atomic E-state index is -0.257. The Morgan fingerprint density at radius 3 is 3.00 bits per heavy atom. The first-order chi connectivity index (χ1) is 14.1. The van der Waals surface area contributed by atoms with E-state index >= 15 is 0 Å². The lowest BCUT2D eigenvalue weighted by molar-refractivity contribution is -0.109. The van der Waals surface area contributed by atoms with Crippen molar-refractivity contribution in [3.05, 3.63) is 76.1 Å². The maximum atomic E-state index is 11.5. The fourth-order valence-electron chi connectivity index (χ4n) is 3.80. The van der Waals surface area contributed by atoms with Crippen LogP contribution in [0.1, 0.15) is 30.4 Å². The number of nitrogens with one attached hydrogen (secondary N) is 1. The molecule has 1 aliphatic heterocycles. The van der Waals surface area contributed by atoms with Gasteiger partial charge in [-0.05, 0) is 66.3 Å². The van der Waals surface area contributed by atoms with Gasteiger partial charge in [-0.25, -0.2) is 4.99 Å². The van der Waals surface area contributed by atoms with Gasteiger partial charge in [0.05, 0.1) is 12.4 Å². The lowest BCUT2D eigenvalue weighted by Gasteiger charge is -2.29. The van der Waals surface area contributed by atoms with Crippen LogP contribution in [0.5, 0.6) is 0 Å². The standard InChI is InChI=1S/C23H27ClN4O/c1-28-14-19(13-26-15-28)23(27-16-29)21-10-6-17(4-2-3-11-25)5-7-18-8-9-20(24)12-22(18)21/h3-4,8-13,15-16,23H,2,5-7,14,25H2,1H3,(H,27,29)/b11-3-,17-4+,21-10+/t23-/m0/s1. The van der Waals surface area contributed by atoms with Gasteiger partial charge in [-0.15, -0.1) is 0 Å². The summed E-state index contributed by atoms with van der Waals surface area (Å²) in [5.74, 6) is 0. The van der Waals surface area contributed by atoms with Crippen molar-refractivity contribution in [2.45, 2.75) is 31.7 Å². The Bertz CT molecular complexity index is 898. The van der Waals surface area contributed by atoms with Crippen LogP contribution >= 0.6 is 11.6 Å². The van der Waals surface area contributed by atoms with Gasteiger partial charge in [0.2, 0.25) is 6.41 Å². The molecule has 1 heterocycles. The molecule has 3 N–H and O–H groups in total. The topological polar surface area (TPSA) is 70.7 Å². The van der Waals surface area contributed by atoms with Crippen molar-refractivity contribution in [3.8, 4) is 0 Å². The molecule has 29 heavy (non-hydrogen) atoms. The molecule has 0 spiro atoms. The number of rotatable bonds is 6. The zero-order valence-electron chi connectivity index (χ0n) is 16.6. The predicted molar refractivity (Wildman–Crippen MR) is 121 cm³/mol. The van der Waals surface area contributed by atoms with Crippen LogP contribution in [0.4, 0.5) is 0 Å². The first-order valence-corrected chi connectivity index (χ1v) is 10.2. The number of likely N-dealkylation sites (N-methyl/N-ethyl adjacent to an activating group) is 1. The van der Waals surface area contributed by atoms with Crippen molar-refractivity contribution in [2.75, 3.05) is 13.6 Å². The summed E-state index contributed by atoms with van der Waals surface area (Å²) < 4.78 is 0. The van der Waals surface area contributed by atoms with Crippen molar-refractivity contribution in [2.24, 2.45) is 10.7 Å². The van der Waals surface area contributed by atoms with E-state index < -0.39 is 0 Å². The number of benzene rings is 1. The van der Waals surface area contributed by atoms with E-state index in [0.717, 1.165) is 48.8 Å². The summed E-state index contributed by atoms with van der Waals surface area (Å²) in [4.78, 5) is 17.8. The van der Waals surface area contributed by atoms with Gasteiger partial charge in [-0.2, -0.15) is 0 Å².